The molecule has 1 unspecified atom stereocenters. The van der Waals surface area contributed by atoms with E-state index in [0.717, 1.165) is 6.42 Å². The second-order valence-corrected chi connectivity index (χ2v) is 4.33. The first-order valence-electron chi connectivity index (χ1n) is 6.16. The predicted molar refractivity (Wildman–Crippen MR) is 66.2 cm³/mol. The number of nitrogens with one attached hydrogen (secondary N) is 1. The van der Waals surface area contributed by atoms with Crippen molar-refractivity contribution in [3.8, 4) is 0 Å². The number of benzene rings is 1. The molecule has 1 aromatic carbocycles. The Morgan fingerprint density at radius 3 is 2.78 bits per heavy atom. The SMILES string of the molecule is CCNC(C1=CCCO1)c1c(F)ccc(C)c1F. The van der Waals surface area contributed by atoms with Gasteiger partial charge in [0.05, 0.1) is 12.6 Å². The lowest BCUT2D eigenvalue weighted by atomic mass is 10.0. The molecule has 98 valence electrons. The van der Waals surface area contributed by atoms with E-state index in [1.165, 1.54) is 12.1 Å². The van der Waals surface area contributed by atoms with Crippen LogP contribution in [-0.4, -0.2) is 13.2 Å². The van der Waals surface area contributed by atoms with Crippen LogP contribution >= 0.6 is 0 Å². The quantitative estimate of drug-likeness (QED) is 0.889. The molecule has 0 spiro atoms. The van der Waals surface area contributed by atoms with Gasteiger partial charge in [-0.25, -0.2) is 8.78 Å². The van der Waals surface area contributed by atoms with Crippen molar-refractivity contribution >= 4 is 0 Å². The van der Waals surface area contributed by atoms with Gasteiger partial charge in [0.1, 0.15) is 17.4 Å². The highest BCUT2D eigenvalue weighted by Gasteiger charge is 2.26. The maximum absolute atomic E-state index is 14.1. The first kappa shape index (κ1) is 13.0. The molecule has 0 radical (unpaired) electrons. The van der Waals surface area contributed by atoms with Gasteiger partial charge in [0.2, 0.25) is 0 Å². The highest BCUT2D eigenvalue weighted by molar-refractivity contribution is 5.33. The maximum Gasteiger partial charge on any atom is 0.134 e. The normalized spacial score (nSPS) is 16.3. The summed E-state index contributed by atoms with van der Waals surface area (Å²) in [5.74, 6) is -0.432. The zero-order valence-electron chi connectivity index (χ0n) is 10.6. The van der Waals surface area contributed by atoms with Gasteiger partial charge < -0.3 is 10.1 Å². The van der Waals surface area contributed by atoms with Crippen LogP contribution in [0.4, 0.5) is 8.78 Å². The second kappa shape index (κ2) is 5.48. The fraction of sp³-hybridized carbons (Fsp3) is 0.429. The van der Waals surface area contributed by atoms with Gasteiger partial charge >= 0.3 is 0 Å². The third-order valence-corrected chi connectivity index (χ3v) is 3.03. The summed E-state index contributed by atoms with van der Waals surface area (Å²) < 4.78 is 33.5. The standard InChI is InChI=1S/C14H17F2NO/c1-3-17-14(11-5-4-8-18-11)12-10(15)7-6-9(2)13(12)16/h5-7,14,17H,3-4,8H2,1-2H3. The van der Waals surface area contributed by atoms with E-state index in [9.17, 15) is 8.78 Å². The number of ether oxygens (including phenoxy) is 1. The lowest BCUT2D eigenvalue weighted by molar-refractivity contribution is 0.213. The summed E-state index contributed by atoms with van der Waals surface area (Å²) in [6.07, 6.45) is 2.67. The third kappa shape index (κ3) is 2.38. The van der Waals surface area contributed by atoms with Crippen LogP contribution in [-0.2, 0) is 4.74 Å². The number of likely N-dealkylation sites (N-methyl/N-ethyl adjacent to an activating group) is 1. The highest BCUT2D eigenvalue weighted by Crippen LogP contribution is 2.31. The van der Waals surface area contributed by atoms with E-state index in [1.807, 2.05) is 13.0 Å². The summed E-state index contributed by atoms with van der Waals surface area (Å²) in [4.78, 5) is 0. The molecular formula is C14H17F2NO. The molecular weight excluding hydrogens is 236 g/mol. The molecule has 0 aliphatic carbocycles. The molecule has 1 aliphatic rings. The summed E-state index contributed by atoms with van der Waals surface area (Å²) >= 11 is 0. The van der Waals surface area contributed by atoms with Gasteiger partial charge in [0.25, 0.3) is 0 Å². The van der Waals surface area contributed by atoms with Crippen molar-refractivity contribution in [2.24, 2.45) is 0 Å². The summed E-state index contributed by atoms with van der Waals surface area (Å²) in [7, 11) is 0. The second-order valence-electron chi connectivity index (χ2n) is 4.33. The number of halogens is 2. The van der Waals surface area contributed by atoms with E-state index in [0.29, 0.717) is 24.5 Å². The zero-order valence-corrected chi connectivity index (χ0v) is 10.6. The average Bonchev–Trinajstić information content (AvgIpc) is 2.87. The van der Waals surface area contributed by atoms with Gasteiger partial charge in [-0.3, -0.25) is 0 Å². The molecule has 0 amide bonds. The van der Waals surface area contributed by atoms with E-state index in [1.54, 1.807) is 6.92 Å². The Morgan fingerprint density at radius 2 is 2.17 bits per heavy atom. The Balaban J connectivity index is 2.45. The van der Waals surface area contributed by atoms with E-state index < -0.39 is 17.7 Å². The van der Waals surface area contributed by atoms with E-state index in [2.05, 4.69) is 5.32 Å². The van der Waals surface area contributed by atoms with Gasteiger partial charge in [0, 0.05) is 12.0 Å². The fourth-order valence-electron chi connectivity index (χ4n) is 2.13. The molecule has 1 atom stereocenters. The Kier molecular flexibility index (Phi) is 3.97. The molecule has 18 heavy (non-hydrogen) atoms. The van der Waals surface area contributed by atoms with Crippen LogP contribution in [0, 0.1) is 18.6 Å². The zero-order chi connectivity index (χ0) is 13.1. The van der Waals surface area contributed by atoms with Gasteiger partial charge in [-0.2, -0.15) is 0 Å². The average molecular weight is 253 g/mol. The monoisotopic (exact) mass is 253 g/mol. The van der Waals surface area contributed by atoms with Crippen LogP contribution in [0.15, 0.2) is 24.0 Å². The number of hydrogen-bond acceptors (Lipinski definition) is 2. The van der Waals surface area contributed by atoms with E-state index in [4.69, 9.17) is 4.74 Å². The first-order valence-corrected chi connectivity index (χ1v) is 6.16. The smallest absolute Gasteiger partial charge is 0.134 e. The third-order valence-electron chi connectivity index (χ3n) is 3.03. The summed E-state index contributed by atoms with van der Waals surface area (Å²) in [5, 5.41) is 3.08. The van der Waals surface area contributed by atoms with Gasteiger partial charge in [0.15, 0.2) is 0 Å². The fourth-order valence-corrected chi connectivity index (χ4v) is 2.13. The topological polar surface area (TPSA) is 21.3 Å². The molecule has 0 bridgehead atoms. The molecule has 1 aromatic rings. The molecule has 0 saturated carbocycles. The Labute approximate surface area is 106 Å². The number of hydrogen-bond donors (Lipinski definition) is 1. The lowest BCUT2D eigenvalue weighted by Crippen LogP contribution is -2.25. The molecule has 2 nitrogen and oxygen atoms in total. The van der Waals surface area contributed by atoms with Crippen LogP contribution in [0.25, 0.3) is 0 Å². The largest absolute Gasteiger partial charge is 0.496 e. The van der Waals surface area contributed by atoms with Gasteiger partial charge in [-0.1, -0.05) is 13.0 Å². The minimum absolute atomic E-state index is 0.0463. The number of rotatable bonds is 4. The van der Waals surface area contributed by atoms with Gasteiger partial charge in [-0.05, 0) is 31.2 Å². The minimum atomic E-state index is -0.544. The highest BCUT2D eigenvalue weighted by atomic mass is 19.1. The maximum atomic E-state index is 14.1. The first-order chi connectivity index (χ1) is 8.65. The Bertz CT molecular complexity index is 471. The van der Waals surface area contributed by atoms with Crippen molar-refractivity contribution in [1.82, 2.24) is 5.32 Å². The van der Waals surface area contributed by atoms with Crippen molar-refractivity contribution in [3.05, 3.63) is 46.7 Å². The summed E-state index contributed by atoms with van der Waals surface area (Å²) in [6.45, 7) is 4.71. The van der Waals surface area contributed by atoms with Crippen molar-refractivity contribution in [3.63, 3.8) is 0 Å². The Hall–Kier alpha value is -1.42. The molecule has 0 fully saturated rings. The van der Waals surface area contributed by atoms with Crippen LogP contribution in [0.5, 0.6) is 0 Å². The van der Waals surface area contributed by atoms with E-state index >= 15 is 0 Å². The lowest BCUT2D eigenvalue weighted by Gasteiger charge is -2.21. The molecule has 4 heteroatoms. The summed E-state index contributed by atoms with van der Waals surface area (Å²) in [6, 6.07) is 2.20. The van der Waals surface area contributed by atoms with E-state index in [-0.39, 0.29) is 5.56 Å². The Morgan fingerprint density at radius 1 is 1.39 bits per heavy atom. The van der Waals surface area contributed by atoms with Crippen LogP contribution in [0.1, 0.15) is 30.5 Å². The molecule has 1 aliphatic heterocycles. The van der Waals surface area contributed by atoms with Crippen molar-refractivity contribution in [2.75, 3.05) is 13.2 Å². The van der Waals surface area contributed by atoms with Crippen LogP contribution in [0.3, 0.4) is 0 Å². The van der Waals surface area contributed by atoms with Crippen molar-refractivity contribution in [2.45, 2.75) is 26.3 Å². The predicted octanol–water partition coefficient (Wildman–Crippen LogP) is 3.23. The van der Waals surface area contributed by atoms with Crippen molar-refractivity contribution < 1.29 is 13.5 Å². The van der Waals surface area contributed by atoms with Crippen molar-refractivity contribution in [1.29, 1.82) is 0 Å². The minimum Gasteiger partial charge on any atom is -0.496 e. The van der Waals surface area contributed by atoms with Gasteiger partial charge in [-0.15, -0.1) is 0 Å². The molecule has 0 aromatic heterocycles. The molecule has 1 N–H and O–H groups in total. The van der Waals surface area contributed by atoms with Crippen LogP contribution in [0.2, 0.25) is 0 Å². The molecule has 2 rings (SSSR count). The summed E-state index contributed by atoms with van der Waals surface area (Å²) in [5.41, 5.74) is 0.484. The molecule has 1 heterocycles. The van der Waals surface area contributed by atoms with Crippen LogP contribution < -0.4 is 5.32 Å². The molecule has 0 saturated heterocycles. The number of aryl methyl sites for hydroxylation is 1.